The van der Waals surface area contributed by atoms with Crippen LogP contribution in [-0.2, 0) is 11.3 Å². The van der Waals surface area contributed by atoms with Gasteiger partial charge in [0.15, 0.2) is 0 Å². The summed E-state index contributed by atoms with van der Waals surface area (Å²) in [7, 11) is -1.53. The van der Waals surface area contributed by atoms with Crippen molar-refractivity contribution in [1.82, 2.24) is 9.80 Å². The van der Waals surface area contributed by atoms with Crippen LogP contribution < -0.4 is 5.46 Å². The summed E-state index contributed by atoms with van der Waals surface area (Å²) < 4.78 is 5.83. The average molecular weight is 502 g/mol. The van der Waals surface area contributed by atoms with E-state index in [4.69, 9.17) is 4.74 Å². The van der Waals surface area contributed by atoms with Gasteiger partial charge in [-0.2, -0.15) is 0 Å². The van der Waals surface area contributed by atoms with Crippen molar-refractivity contribution in [2.45, 2.75) is 31.2 Å². The lowest BCUT2D eigenvalue weighted by Crippen LogP contribution is -2.48. The summed E-state index contributed by atoms with van der Waals surface area (Å²) in [5, 5.41) is 19.6. The van der Waals surface area contributed by atoms with Gasteiger partial charge in [0.1, 0.15) is 6.61 Å². The highest BCUT2D eigenvalue weighted by atomic mass is 32.1. The number of hydrogen-bond acceptors (Lipinski definition) is 6. The highest BCUT2D eigenvalue weighted by Crippen LogP contribution is 2.44. The summed E-state index contributed by atoms with van der Waals surface area (Å²) in [4.78, 5) is 17.7. The molecule has 8 heteroatoms. The largest absolute Gasteiger partial charge is 0.489 e. The molecule has 36 heavy (non-hydrogen) atoms. The van der Waals surface area contributed by atoms with Gasteiger partial charge in [0.2, 0.25) is 0 Å². The Bertz CT molecular complexity index is 1250. The fourth-order valence-electron chi connectivity index (χ4n) is 5.54. The number of carbonyl (C=O) groups excluding carboxylic acids is 1. The Labute approximate surface area is 218 Å². The zero-order valence-corrected chi connectivity index (χ0v) is 21.5. The zero-order valence-electron chi connectivity index (χ0n) is 20.6. The Morgan fingerprint density at radius 2 is 1.56 bits per heavy atom. The number of amides is 1. The first-order valence-corrected chi connectivity index (χ1v) is 12.8. The molecule has 0 saturated carbocycles. The van der Waals surface area contributed by atoms with Gasteiger partial charge in [-0.1, -0.05) is 48.5 Å². The van der Waals surface area contributed by atoms with E-state index in [2.05, 4.69) is 41.8 Å². The van der Waals surface area contributed by atoms with Crippen molar-refractivity contribution in [2.24, 2.45) is 0 Å². The molecule has 3 aromatic rings. The second kappa shape index (κ2) is 10.3. The van der Waals surface area contributed by atoms with Crippen LogP contribution in [0.15, 0.2) is 59.5 Å². The summed E-state index contributed by atoms with van der Waals surface area (Å²) in [6.45, 7) is 7.37. The molecule has 3 aromatic carbocycles. The van der Waals surface area contributed by atoms with Crippen molar-refractivity contribution in [3.05, 3.63) is 82.4 Å². The van der Waals surface area contributed by atoms with Crippen molar-refractivity contribution in [2.75, 3.05) is 32.8 Å². The van der Waals surface area contributed by atoms with Gasteiger partial charge >= 0.3 is 13.2 Å². The second-order valence-electron chi connectivity index (χ2n) is 9.66. The fraction of sp³-hybridized carbons (Fsp3) is 0.321. The van der Waals surface area contributed by atoms with Crippen LogP contribution in [0.1, 0.15) is 33.7 Å². The van der Waals surface area contributed by atoms with E-state index >= 15 is 0 Å². The number of hydrogen-bond donors (Lipinski definition) is 3. The first-order chi connectivity index (χ1) is 17.3. The Morgan fingerprint density at radius 3 is 2.14 bits per heavy atom. The van der Waals surface area contributed by atoms with Crippen molar-refractivity contribution in [1.29, 1.82) is 0 Å². The minimum atomic E-state index is -1.53. The Kier molecular flexibility index (Phi) is 7.13. The van der Waals surface area contributed by atoms with E-state index < -0.39 is 7.12 Å². The van der Waals surface area contributed by atoms with E-state index in [0.29, 0.717) is 31.7 Å². The molecule has 0 aromatic heterocycles. The van der Waals surface area contributed by atoms with Gasteiger partial charge in [-0.05, 0) is 64.3 Å². The highest BCUT2D eigenvalue weighted by Gasteiger charge is 2.30. The molecule has 1 heterocycles. The molecular weight excluding hydrogens is 471 g/mol. The number of benzene rings is 3. The third kappa shape index (κ3) is 4.66. The van der Waals surface area contributed by atoms with Crippen LogP contribution in [0.2, 0.25) is 0 Å². The molecule has 1 fully saturated rings. The molecule has 0 atom stereocenters. The summed E-state index contributed by atoms with van der Waals surface area (Å²) in [6.07, 6.45) is -0.272. The first-order valence-electron chi connectivity index (χ1n) is 12.4. The van der Waals surface area contributed by atoms with E-state index in [-0.39, 0.29) is 12.0 Å². The monoisotopic (exact) mass is 502 g/mol. The van der Waals surface area contributed by atoms with Gasteiger partial charge in [-0.3, -0.25) is 4.90 Å². The number of fused-ring (bicyclic) bond motifs is 3. The van der Waals surface area contributed by atoms with Crippen LogP contribution in [0, 0.1) is 13.8 Å². The van der Waals surface area contributed by atoms with Gasteiger partial charge in [0.25, 0.3) is 0 Å². The van der Waals surface area contributed by atoms with Crippen LogP contribution in [-0.4, -0.2) is 65.8 Å². The molecular formula is C28H31BN2O4S. The Balaban J connectivity index is 1.19. The zero-order chi connectivity index (χ0) is 25.4. The number of carbonyl (C=O) groups is 1. The van der Waals surface area contributed by atoms with Crippen LogP contribution >= 0.6 is 12.6 Å². The number of nitrogens with zero attached hydrogens (tertiary/aromatic N) is 2. The summed E-state index contributed by atoms with van der Waals surface area (Å²) in [5.74, 6) is 0.0543. The van der Waals surface area contributed by atoms with Crippen molar-refractivity contribution in [3.63, 3.8) is 0 Å². The lowest BCUT2D eigenvalue weighted by atomic mass is 9.73. The second-order valence-corrected chi connectivity index (χ2v) is 10.1. The molecule has 1 saturated heterocycles. The third-order valence-electron chi connectivity index (χ3n) is 7.60. The minimum Gasteiger partial charge on any atom is -0.448 e. The molecule has 0 spiro atoms. The lowest BCUT2D eigenvalue weighted by Gasteiger charge is -2.34. The average Bonchev–Trinajstić information content (AvgIpc) is 3.20. The number of ether oxygens (including phenoxy) is 1. The molecule has 0 bridgehead atoms. The van der Waals surface area contributed by atoms with Gasteiger partial charge in [0.05, 0.1) is 0 Å². The van der Waals surface area contributed by atoms with Crippen LogP contribution in [0.5, 0.6) is 0 Å². The maximum Gasteiger partial charge on any atom is 0.489 e. The molecule has 186 valence electrons. The summed E-state index contributed by atoms with van der Waals surface area (Å²) in [6, 6.07) is 18.7. The van der Waals surface area contributed by atoms with E-state index in [1.807, 2.05) is 44.2 Å². The van der Waals surface area contributed by atoms with Crippen molar-refractivity contribution in [3.8, 4) is 11.1 Å². The highest BCUT2D eigenvalue weighted by molar-refractivity contribution is 7.80. The maximum absolute atomic E-state index is 12.9. The quantitative estimate of drug-likeness (QED) is 0.369. The molecule has 6 nitrogen and oxygen atoms in total. The first kappa shape index (κ1) is 24.9. The van der Waals surface area contributed by atoms with Gasteiger partial charge in [-0.25, -0.2) is 4.79 Å². The Hall–Kier alpha value is -2.78. The molecule has 0 radical (unpaired) electrons. The standard InChI is InChI=1S/C28H31BN2O4S/c1-18-20(15-26(36)19(2)27(18)29(33)34)16-30-11-13-31(14-12-30)28(32)35-17-25-23-9-5-3-7-21(23)22-8-4-6-10-24(22)25/h3-10,15,25,33-34,36H,11-14,16-17H2,1-2H3. The molecule has 2 aliphatic rings. The van der Waals surface area contributed by atoms with Crippen molar-refractivity contribution < 1.29 is 19.6 Å². The van der Waals surface area contributed by atoms with Crippen LogP contribution in [0.4, 0.5) is 4.79 Å². The van der Waals surface area contributed by atoms with Gasteiger partial charge < -0.3 is 19.7 Å². The van der Waals surface area contributed by atoms with Crippen molar-refractivity contribution >= 4 is 31.3 Å². The lowest BCUT2D eigenvalue weighted by molar-refractivity contribution is 0.0728. The van der Waals surface area contributed by atoms with Crippen LogP contribution in [0.25, 0.3) is 11.1 Å². The van der Waals surface area contributed by atoms with E-state index in [9.17, 15) is 14.8 Å². The molecule has 5 rings (SSSR count). The number of piperazine rings is 1. The van der Waals surface area contributed by atoms with Crippen LogP contribution in [0.3, 0.4) is 0 Å². The normalized spacial score (nSPS) is 15.5. The topological polar surface area (TPSA) is 73.2 Å². The molecule has 1 aliphatic heterocycles. The molecule has 2 N–H and O–H groups in total. The molecule has 1 amide bonds. The van der Waals surface area contributed by atoms with Gasteiger partial charge in [0, 0.05) is 43.5 Å². The van der Waals surface area contributed by atoms with Gasteiger partial charge in [-0.15, -0.1) is 12.6 Å². The Morgan fingerprint density at radius 1 is 0.972 bits per heavy atom. The van der Waals surface area contributed by atoms with E-state index in [0.717, 1.165) is 34.7 Å². The number of rotatable bonds is 5. The number of thiol groups is 1. The summed E-state index contributed by atoms with van der Waals surface area (Å²) >= 11 is 4.52. The minimum absolute atomic E-state index is 0.0543. The SMILES string of the molecule is Cc1c(S)cc(CN2CCN(C(=O)OCC3c4ccccc4-c4ccccc43)CC2)c(C)c1B(O)O. The van der Waals surface area contributed by atoms with E-state index in [1.165, 1.54) is 22.3 Å². The smallest absolute Gasteiger partial charge is 0.448 e. The molecule has 0 unspecified atom stereocenters. The summed E-state index contributed by atoms with van der Waals surface area (Å²) in [5.41, 5.74) is 8.05. The molecule has 1 aliphatic carbocycles. The fourth-order valence-corrected chi connectivity index (χ4v) is 5.82. The van der Waals surface area contributed by atoms with E-state index in [1.54, 1.807) is 4.90 Å². The third-order valence-corrected chi connectivity index (χ3v) is 8.07. The predicted molar refractivity (Wildman–Crippen MR) is 145 cm³/mol. The predicted octanol–water partition coefficient (Wildman–Crippen LogP) is 3.34. The maximum atomic E-state index is 12.9.